The smallest absolute Gasteiger partial charge is 0.240 e. The zero-order valence-electron chi connectivity index (χ0n) is 11.6. The second-order valence-corrected chi connectivity index (χ2v) is 6.72. The number of hydrogen-bond donors (Lipinski definition) is 2. The first kappa shape index (κ1) is 15.4. The Balaban J connectivity index is 2.08. The Morgan fingerprint density at radius 1 is 1.40 bits per heavy atom. The fourth-order valence-corrected chi connectivity index (χ4v) is 3.89. The Labute approximate surface area is 120 Å². The molecule has 2 atom stereocenters. The molecule has 20 heavy (non-hydrogen) atoms. The van der Waals surface area contributed by atoms with Gasteiger partial charge in [0, 0.05) is 19.1 Å². The lowest BCUT2D eigenvalue weighted by Crippen LogP contribution is -2.33. The van der Waals surface area contributed by atoms with E-state index in [4.69, 9.17) is 4.74 Å². The molecule has 1 fully saturated rings. The molecule has 2 rings (SSSR count). The Kier molecular flexibility index (Phi) is 5.15. The number of sulfonamides is 1. The predicted molar refractivity (Wildman–Crippen MR) is 75.7 cm³/mol. The van der Waals surface area contributed by atoms with Crippen molar-refractivity contribution in [1.82, 2.24) is 4.72 Å². The van der Waals surface area contributed by atoms with Crippen molar-refractivity contribution < 1.29 is 18.3 Å². The van der Waals surface area contributed by atoms with Crippen molar-refractivity contribution in [2.75, 3.05) is 13.2 Å². The number of hydrogen-bond acceptors (Lipinski definition) is 4. The van der Waals surface area contributed by atoms with Crippen molar-refractivity contribution in [3.8, 4) is 0 Å². The highest BCUT2D eigenvalue weighted by Gasteiger charge is 2.28. The molecule has 1 aliphatic rings. The Morgan fingerprint density at radius 2 is 2.15 bits per heavy atom. The standard InChI is InChI=1S/C14H21NO4S/c1-2-13-11(7-8-19-13)9-15-20(17,18)14-6-4-3-5-12(14)10-16/h3-6,11,13,15-16H,2,7-10H2,1H3. The van der Waals surface area contributed by atoms with Gasteiger partial charge in [-0.25, -0.2) is 13.1 Å². The van der Waals surface area contributed by atoms with Gasteiger partial charge < -0.3 is 9.84 Å². The molecule has 0 saturated carbocycles. The van der Waals surface area contributed by atoms with Crippen molar-refractivity contribution in [3.05, 3.63) is 29.8 Å². The van der Waals surface area contributed by atoms with Crippen LogP contribution in [-0.2, 0) is 21.4 Å². The molecule has 1 aromatic rings. The van der Waals surface area contributed by atoms with Gasteiger partial charge >= 0.3 is 0 Å². The van der Waals surface area contributed by atoms with Gasteiger partial charge in [0.2, 0.25) is 10.0 Å². The summed E-state index contributed by atoms with van der Waals surface area (Å²) in [7, 11) is -3.59. The minimum Gasteiger partial charge on any atom is -0.392 e. The quantitative estimate of drug-likeness (QED) is 0.829. The lowest BCUT2D eigenvalue weighted by atomic mass is 10.0. The van der Waals surface area contributed by atoms with Gasteiger partial charge in [-0.05, 0) is 24.5 Å². The molecule has 5 nitrogen and oxygen atoms in total. The zero-order chi connectivity index (χ0) is 14.6. The molecule has 0 aliphatic carbocycles. The highest BCUT2D eigenvalue weighted by molar-refractivity contribution is 7.89. The number of ether oxygens (including phenoxy) is 1. The minimum absolute atomic E-state index is 0.130. The van der Waals surface area contributed by atoms with E-state index in [0.717, 1.165) is 12.8 Å². The van der Waals surface area contributed by atoms with Crippen molar-refractivity contribution in [1.29, 1.82) is 0 Å². The van der Waals surface area contributed by atoms with Gasteiger partial charge in [0.15, 0.2) is 0 Å². The molecule has 1 aromatic carbocycles. The van der Waals surface area contributed by atoms with Crippen molar-refractivity contribution in [2.45, 2.75) is 37.4 Å². The summed E-state index contributed by atoms with van der Waals surface area (Å²) in [6, 6.07) is 6.49. The molecule has 1 saturated heterocycles. The van der Waals surface area contributed by atoms with Crippen LogP contribution >= 0.6 is 0 Å². The largest absolute Gasteiger partial charge is 0.392 e. The van der Waals surface area contributed by atoms with E-state index in [2.05, 4.69) is 4.72 Å². The molecule has 1 aliphatic heterocycles. The first-order chi connectivity index (χ1) is 9.58. The summed E-state index contributed by atoms with van der Waals surface area (Å²) >= 11 is 0. The molecule has 2 N–H and O–H groups in total. The molecule has 112 valence electrons. The molecule has 2 unspecified atom stereocenters. The molecular weight excluding hydrogens is 278 g/mol. The van der Waals surface area contributed by atoms with E-state index in [1.54, 1.807) is 18.2 Å². The summed E-state index contributed by atoms with van der Waals surface area (Å²) in [5.74, 6) is 0.219. The SMILES string of the molecule is CCC1OCCC1CNS(=O)(=O)c1ccccc1CO. The molecule has 0 amide bonds. The maximum Gasteiger partial charge on any atom is 0.240 e. The van der Waals surface area contributed by atoms with Crippen LogP contribution in [0.2, 0.25) is 0 Å². The van der Waals surface area contributed by atoms with E-state index in [1.807, 2.05) is 6.92 Å². The van der Waals surface area contributed by atoms with Gasteiger partial charge in [-0.1, -0.05) is 25.1 Å². The third-order valence-electron chi connectivity index (χ3n) is 3.72. The van der Waals surface area contributed by atoms with Crippen LogP contribution in [0.4, 0.5) is 0 Å². The van der Waals surface area contributed by atoms with Crippen LogP contribution in [0.3, 0.4) is 0 Å². The van der Waals surface area contributed by atoms with Crippen LogP contribution in [0.5, 0.6) is 0 Å². The van der Waals surface area contributed by atoms with Crippen LogP contribution in [0, 0.1) is 5.92 Å². The van der Waals surface area contributed by atoms with E-state index in [-0.39, 0.29) is 23.5 Å². The number of aliphatic hydroxyl groups excluding tert-OH is 1. The average molecular weight is 299 g/mol. The molecule has 0 aromatic heterocycles. The summed E-state index contributed by atoms with van der Waals surface area (Å²) in [5.41, 5.74) is 0.412. The molecule has 1 heterocycles. The van der Waals surface area contributed by atoms with Crippen molar-refractivity contribution in [3.63, 3.8) is 0 Å². The molecule has 0 radical (unpaired) electrons. The molecule has 0 spiro atoms. The van der Waals surface area contributed by atoms with Crippen LogP contribution < -0.4 is 4.72 Å². The molecule has 6 heteroatoms. The minimum atomic E-state index is -3.59. The summed E-state index contributed by atoms with van der Waals surface area (Å²) in [4.78, 5) is 0.148. The summed E-state index contributed by atoms with van der Waals surface area (Å²) in [6.07, 6.45) is 1.90. The number of rotatable bonds is 6. The average Bonchev–Trinajstić information content (AvgIpc) is 2.92. The summed E-state index contributed by atoms with van der Waals surface area (Å²) < 4.78 is 32.8. The summed E-state index contributed by atoms with van der Waals surface area (Å²) in [5, 5.41) is 9.23. The maximum atomic E-state index is 12.3. The van der Waals surface area contributed by atoms with E-state index in [1.165, 1.54) is 6.07 Å². The summed E-state index contributed by atoms with van der Waals surface area (Å²) in [6.45, 7) is 2.82. The topological polar surface area (TPSA) is 75.6 Å². The lowest BCUT2D eigenvalue weighted by Gasteiger charge is -2.18. The Hall–Kier alpha value is -0.950. The fourth-order valence-electron chi connectivity index (χ4n) is 2.57. The van der Waals surface area contributed by atoms with Crippen LogP contribution in [0.1, 0.15) is 25.3 Å². The second kappa shape index (κ2) is 6.67. The number of nitrogens with one attached hydrogen (secondary N) is 1. The number of benzene rings is 1. The van der Waals surface area contributed by atoms with Crippen LogP contribution in [0.15, 0.2) is 29.2 Å². The first-order valence-corrected chi connectivity index (χ1v) is 8.36. The lowest BCUT2D eigenvalue weighted by molar-refractivity contribution is 0.0884. The number of aliphatic hydroxyl groups is 1. The van der Waals surface area contributed by atoms with E-state index in [9.17, 15) is 13.5 Å². The van der Waals surface area contributed by atoms with Gasteiger partial charge in [0.25, 0.3) is 0 Å². The van der Waals surface area contributed by atoms with Gasteiger partial charge in [-0.2, -0.15) is 0 Å². The third kappa shape index (κ3) is 3.38. The Bertz CT molecular complexity index is 544. The first-order valence-electron chi connectivity index (χ1n) is 6.88. The monoisotopic (exact) mass is 299 g/mol. The van der Waals surface area contributed by atoms with Gasteiger partial charge in [-0.15, -0.1) is 0 Å². The van der Waals surface area contributed by atoms with Crippen molar-refractivity contribution >= 4 is 10.0 Å². The van der Waals surface area contributed by atoms with E-state index >= 15 is 0 Å². The third-order valence-corrected chi connectivity index (χ3v) is 5.24. The maximum absolute atomic E-state index is 12.3. The fraction of sp³-hybridized carbons (Fsp3) is 0.571. The highest BCUT2D eigenvalue weighted by Crippen LogP contribution is 2.23. The molecular formula is C14H21NO4S. The predicted octanol–water partition coefficient (Wildman–Crippen LogP) is 1.27. The van der Waals surface area contributed by atoms with E-state index < -0.39 is 10.0 Å². The van der Waals surface area contributed by atoms with Gasteiger partial charge in [0.1, 0.15) is 0 Å². The van der Waals surface area contributed by atoms with Gasteiger partial charge in [0.05, 0.1) is 17.6 Å². The second-order valence-electron chi connectivity index (χ2n) is 4.98. The van der Waals surface area contributed by atoms with Gasteiger partial charge in [-0.3, -0.25) is 0 Å². The zero-order valence-corrected chi connectivity index (χ0v) is 12.4. The molecule has 0 bridgehead atoms. The highest BCUT2D eigenvalue weighted by atomic mass is 32.2. The van der Waals surface area contributed by atoms with Crippen LogP contribution in [0.25, 0.3) is 0 Å². The normalized spacial score (nSPS) is 23.1. The Morgan fingerprint density at radius 3 is 2.85 bits per heavy atom. The van der Waals surface area contributed by atoms with Crippen molar-refractivity contribution in [2.24, 2.45) is 5.92 Å². The van der Waals surface area contributed by atoms with E-state index in [0.29, 0.717) is 18.7 Å². The van der Waals surface area contributed by atoms with Crippen LogP contribution in [-0.4, -0.2) is 32.8 Å².